The van der Waals surface area contributed by atoms with Crippen LogP contribution < -0.4 is 0 Å². The van der Waals surface area contributed by atoms with Crippen LogP contribution in [0, 0.1) is 0 Å². The van der Waals surface area contributed by atoms with Crippen molar-refractivity contribution in [3.05, 3.63) is 35.9 Å². The summed E-state index contributed by atoms with van der Waals surface area (Å²) < 4.78 is 6.66. The molecule has 0 aliphatic carbocycles. The van der Waals surface area contributed by atoms with E-state index in [1.54, 1.807) is 0 Å². The highest BCUT2D eigenvalue weighted by Crippen LogP contribution is 2.31. The van der Waals surface area contributed by atoms with Crippen LogP contribution in [0.1, 0.15) is 40.0 Å². The fourth-order valence-electron chi connectivity index (χ4n) is 2.29. The second-order valence-corrected chi connectivity index (χ2v) is 6.99. The highest BCUT2D eigenvalue weighted by Gasteiger charge is 2.35. The van der Waals surface area contributed by atoms with E-state index < -0.39 is 5.60 Å². The summed E-state index contributed by atoms with van der Waals surface area (Å²) in [6.07, 6.45) is 7.71. The minimum atomic E-state index is -0.493. The maximum Gasteiger partial charge on any atom is 0.411 e. The summed E-state index contributed by atoms with van der Waals surface area (Å²) in [6.45, 7) is 13.2. The summed E-state index contributed by atoms with van der Waals surface area (Å²) in [7, 11) is 0. The maximum atomic E-state index is 12.5. The molecule has 1 heterocycles. The Labute approximate surface area is 130 Å². The smallest absolute Gasteiger partial charge is 0.411 e. The SMILES string of the molecule is C=CC[C@@H]1CC(Br)=C[C@H](CC=C)N1C(=O)OC(C)(C)C. The second kappa shape index (κ2) is 7.11. The summed E-state index contributed by atoms with van der Waals surface area (Å²) >= 11 is 3.56. The van der Waals surface area contributed by atoms with Gasteiger partial charge in [-0.1, -0.05) is 34.2 Å². The highest BCUT2D eigenvalue weighted by atomic mass is 79.9. The fraction of sp³-hybridized carbons (Fsp3) is 0.562. The number of hydrogen-bond acceptors (Lipinski definition) is 2. The van der Waals surface area contributed by atoms with E-state index in [1.165, 1.54) is 0 Å². The first-order valence-electron chi connectivity index (χ1n) is 6.87. The van der Waals surface area contributed by atoms with E-state index in [0.717, 1.165) is 17.3 Å². The third-order valence-corrected chi connectivity index (χ3v) is 3.59. The molecular weight excluding hydrogens is 318 g/mol. The quantitative estimate of drug-likeness (QED) is 0.687. The molecule has 3 nitrogen and oxygen atoms in total. The third kappa shape index (κ3) is 4.82. The number of ether oxygens (including phenoxy) is 1. The van der Waals surface area contributed by atoms with E-state index in [2.05, 4.69) is 35.2 Å². The van der Waals surface area contributed by atoms with Gasteiger partial charge in [-0.25, -0.2) is 4.79 Å². The minimum Gasteiger partial charge on any atom is -0.444 e. The standard InChI is InChI=1S/C16H24BrNO2/c1-6-8-13-10-12(17)11-14(9-7-2)18(13)15(19)20-16(3,4)5/h6-7,10,13-14H,1-2,8-9,11H2,3-5H3/t13-,14+/m0/s1. The molecule has 0 fully saturated rings. The van der Waals surface area contributed by atoms with Gasteiger partial charge in [0.15, 0.2) is 0 Å². The van der Waals surface area contributed by atoms with Crippen molar-refractivity contribution < 1.29 is 9.53 Å². The first-order valence-corrected chi connectivity index (χ1v) is 7.67. The van der Waals surface area contributed by atoms with E-state index in [1.807, 2.05) is 37.8 Å². The summed E-state index contributed by atoms with van der Waals surface area (Å²) in [4.78, 5) is 14.3. The van der Waals surface area contributed by atoms with Crippen LogP contribution in [-0.4, -0.2) is 28.7 Å². The number of hydrogen-bond donors (Lipinski definition) is 0. The van der Waals surface area contributed by atoms with Crippen molar-refractivity contribution in [2.45, 2.75) is 57.7 Å². The monoisotopic (exact) mass is 341 g/mol. The van der Waals surface area contributed by atoms with Crippen LogP contribution >= 0.6 is 15.9 Å². The lowest BCUT2D eigenvalue weighted by molar-refractivity contribution is 0.00855. The van der Waals surface area contributed by atoms with Gasteiger partial charge in [0.05, 0.1) is 6.04 Å². The van der Waals surface area contributed by atoms with E-state index in [4.69, 9.17) is 4.74 Å². The molecule has 112 valence electrons. The van der Waals surface area contributed by atoms with Gasteiger partial charge in [0.25, 0.3) is 0 Å². The van der Waals surface area contributed by atoms with Gasteiger partial charge in [0.2, 0.25) is 0 Å². The van der Waals surface area contributed by atoms with Crippen LogP contribution in [0.3, 0.4) is 0 Å². The molecule has 0 aromatic rings. The van der Waals surface area contributed by atoms with E-state index in [0.29, 0.717) is 6.42 Å². The summed E-state index contributed by atoms with van der Waals surface area (Å²) in [5.41, 5.74) is -0.493. The van der Waals surface area contributed by atoms with Gasteiger partial charge >= 0.3 is 6.09 Å². The van der Waals surface area contributed by atoms with Gasteiger partial charge in [-0.2, -0.15) is 0 Å². The molecule has 0 N–H and O–H groups in total. The summed E-state index contributed by atoms with van der Waals surface area (Å²) in [5, 5.41) is 0. The van der Waals surface area contributed by atoms with Crippen LogP contribution in [0.15, 0.2) is 35.9 Å². The lowest BCUT2D eigenvalue weighted by atomic mass is 9.98. The molecular formula is C16H24BrNO2. The van der Waals surface area contributed by atoms with E-state index >= 15 is 0 Å². The van der Waals surface area contributed by atoms with Crippen molar-refractivity contribution in [1.82, 2.24) is 4.90 Å². The zero-order valence-electron chi connectivity index (χ0n) is 12.6. The zero-order valence-corrected chi connectivity index (χ0v) is 14.1. The highest BCUT2D eigenvalue weighted by molar-refractivity contribution is 9.11. The molecule has 0 saturated carbocycles. The summed E-state index contributed by atoms with van der Waals surface area (Å²) in [5.74, 6) is 0. The molecule has 0 aromatic heterocycles. The number of amides is 1. The van der Waals surface area contributed by atoms with Crippen molar-refractivity contribution in [2.75, 3.05) is 0 Å². The lowest BCUT2D eigenvalue weighted by Crippen LogP contribution is -2.50. The lowest BCUT2D eigenvalue weighted by Gasteiger charge is -2.40. The van der Waals surface area contributed by atoms with Crippen molar-refractivity contribution in [3.63, 3.8) is 0 Å². The molecule has 1 rings (SSSR count). The van der Waals surface area contributed by atoms with Crippen molar-refractivity contribution in [3.8, 4) is 0 Å². The first-order chi connectivity index (χ1) is 9.28. The molecule has 0 radical (unpaired) electrons. The molecule has 1 aliphatic rings. The Bertz CT molecular complexity index is 409. The Morgan fingerprint density at radius 2 is 2.05 bits per heavy atom. The van der Waals surface area contributed by atoms with Crippen molar-refractivity contribution in [1.29, 1.82) is 0 Å². The molecule has 0 aromatic carbocycles. The molecule has 4 heteroatoms. The average Bonchev–Trinajstić information content (AvgIpc) is 2.26. The van der Waals surface area contributed by atoms with Crippen LogP contribution in [0.4, 0.5) is 4.79 Å². The fourth-order valence-corrected chi connectivity index (χ4v) is 2.97. The van der Waals surface area contributed by atoms with Gasteiger partial charge in [-0.3, -0.25) is 4.90 Å². The Morgan fingerprint density at radius 1 is 1.45 bits per heavy atom. The predicted molar refractivity (Wildman–Crippen MR) is 86.9 cm³/mol. The van der Waals surface area contributed by atoms with Crippen LogP contribution in [-0.2, 0) is 4.74 Å². The van der Waals surface area contributed by atoms with Crippen LogP contribution in [0.2, 0.25) is 0 Å². The number of nitrogens with zero attached hydrogens (tertiary/aromatic N) is 1. The summed E-state index contributed by atoms with van der Waals surface area (Å²) in [6, 6.07) is 0.0575. The molecule has 0 saturated heterocycles. The average molecular weight is 342 g/mol. The normalized spacial score (nSPS) is 23.0. The van der Waals surface area contributed by atoms with Crippen LogP contribution in [0.5, 0.6) is 0 Å². The van der Waals surface area contributed by atoms with E-state index in [-0.39, 0.29) is 18.2 Å². The molecule has 0 bridgehead atoms. The molecule has 0 spiro atoms. The van der Waals surface area contributed by atoms with Gasteiger partial charge in [-0.15, -0.1) is 13.2 Å². The largest absolute Gasteiger partial charge is 0.444 e. The minimum absolute atomic E-state index is 0.0181. The second-order valence-electron chi connectivity index (χ2n) is 5.98. The van der Waals surface area contributed by atoms with Gasteiger partial charge in [0.1, 0.15) is 5.60 Å². The Morgan fingerprint density at radius 3 is 2.55 bits per heavy atom. The predicted octanol–water partition coefficient (Wildman–Crippen LogP) is 4.80. The number of carbonyl (C=O) groups is 1. The Hall–Kier alpha value is -1.03. The van der Waals surface area contributed by atoms with Gasteiger partial charge < -0.3 is 4.74 Å². The topological polar surface area (TPSA) is 29.5 Å². The number of carbonyl (C=O) groups excluding carboxylic acids is 1. The zero-order chi connectivity index (χ0) is 15.3. The van der Waals surface area contributed by atoms with E-state index in [9.17, 15) is 4.79 Å². The molecule has 2 atom stereocenters. The number of halogens is 1. The molecule has 0 unspecified atom stereocenters. The van der Waals surface area contributed by atoms with Gasteiger partial charge in [-0.05, 0) is 44.5 Å². The third-order valence-electron chi connectivity index (χ3n) is 3.01. The molecule has 1 aliphatic heterocycles. The maximum absolute atomic E-state index is 12.5. The molecule has 20 heavy (non-hydrogen) atoms. The van der Waals surface area contributed by atoms with Crippen LogP contribution in [0.25, 0.3) is 0 Å². The Kier molecular flexibility index (Phi) is 6.06. The van der Waals surface area contributed by atoms with Crippen molar-refractivity contribution >= 4 is 22.0 Å². The molecule has 1 amide bonds. The van der Waals surface area contributed by atoms with Crippen molar-refractivity contribution in [2.24, 2.45) is 0 Å². The Balaban J connectivity index is 3.01. The number of rotatable bonds is 4. The first kappa shape index (κ1) is 17.0. The van der Waals surface area contributed by atoms with Gasteiger partial charge in [0, 0.05) is 6.04 Å².